The number of halogens is 1. The molecule has 0 atom stereocenters. The third-order valence-electron chi connectivity index (χ3n) is 4.00. The second-order valence-corrected chi connectivity index (χ2v) is 6.64. The zero-order valence-corrected chi connectivity index (χ0v) is 13.1. The summed E-state index contributed by atoms with van der Waals surface area (Å²) >= 11 is 7.28. The van der Waals surface area contributed by atoms with Crippen LogP contribution in [0.3, 0.4) is 0 Å². The highest BCUT2D eigenvalue weighted by Crippen LogP contribution is 2.32. The fraction of sp³-hybridized carbons (Fsp3) is 0.500. The van der Waals surface area contributed by atoms with E-state index in [0.29, 0.717) is 22.6 Å². The van der Waals surface area contributed by atoms with Crippen molar-refractivity contribution < 1.29 is 4.79 Å². The highest BCUT2D eigenvalue weighted by molar-refractivity contribution is 7.00. The third kappa shape index (κ3) is 3.17. The van der Waals surface area contributed by atoms with Crippen LogP contribution in [-0.4, -0.2) is 20.2 Å². The summed E-state index contributed by atoms with van der Waals surface area (Å²) in [5, 5.41) is 3.34. The minimum absolute atomic E-state index is 0.109. The predicted octanol–water partition coefficient (Wildman–Crippen LogP) is 3.33. The predicted molar refractivity (Wildman–Crippen MR) is 85.7 cm³/mol. The molecule has 112 valence electrons. The van der Waals surface area contributed by atoms with Crippen molar-refractivity contribution >= 4 is 46.0 Å². The Labute approximate surface area is 132 Å². The maximum Gasteiger partial charge on any atom is 0.226 e. The number of hydrogen-bond acceptors (Lipinski definition) is 5. The molecule has 1 aromatic carbocycles. The van der Waals surface area contributed by atoms with Gasteiger partial charge in [-0.1, -0.05) is 30.9 Å². The first-order chi connectivity index (χ1) is 10.1. The van der Waals surface area contributed by atoms with Gasteiger partial charge in [0, 0.05) is 12.0 Å². The van der Waals surface area contributed by atoms with E-state index < -0.39 is 0 Å². The average Bonchev–Trinajstić information content (AvgIpc) is 2.91. The molecule has 2 aromatic rings. The van der Waals surface area contributed by atoms with Crippen LogP contribution in [0, 0.1) is 0 Å². The van der Waals surface area contributed by atoms with Gasteiger partial charge in [-0.05, 0) is 25.0 Å². The van der Waals surface area contributed by atoms with E-state index in [4.69, 9.17) is 17.3 Å². The summed E-state index contributed by atoms with van der Waals surface area (Å²) in [7, 11) is 0. The molecule has 1 amide bonds. The van der Waals surface area contributed by atoms with Gasteiger partial charge in [-0.3, -0.25) is 4.79 Å². The van der Waals surface area contributed by atoms with Crippen LogP contribution in [0.1, 0.15) is 38.5 Å². The first-order valence-electron chi connectivity index (χ1n) is 7.07. The van der Waals surface area contributed by atoms with Gasteiger partial charge in [0.1, 0.15) is 11.0 Å². The Morgan fingerprint density at radius 2 is 2.10 bits per heavy atom. The van der Waals surface area contributed by atoms with E-state index >= 15 is 0 Å². The number of nitrogens with one attached hydrogen (secondary N) is 1. The van der Waals surface area contributed by atoms with Crippen LogP contribution in [0.4, 0.5) is 5.69 Å². The minimum atomic E-state index is -0.386. The van der Waals surface area contributed by atoms with Crippen molar-refractivity contribution in [3.8, 4) is 0 Å². The van der Waals surface area contributed by atoms with Crippen LogP contribution < -0.4 is 11.1 Å². The largest absolute Gasteiger partial charge is 0.325 e. The van der Waals surface area contributed by atoms with Crippen molar-refractivity contribution in [2.24, 2.45) is 5.73 Å². The van der Waals surface area contributed by atoms with Crippen molar-refractivity contribution in [3.05, 3.63) is 17.2 Å². The van der Waals surface area contributed by atoms with Crippen LogP contribution in [0.15, 0.2) is 12.1 Å². The maximum absolute atomic E-state index is 12.3. The second-order valence-electron chi connectivity index (χ2n) is 5.70. The zero-order chi connectivity index (χ0) is 14.9. The molecule has 1 aliphatic carbocycles. The van der Waals surface area contributed by atoms with Crippen molar-refractivity contribution in [2.45, 2.75) is 44.1 Å². The molecule has 1 fully saturated rings. The standard InChI is InChI=1S/C14H17ClN4OS/c15-9-4-5-10-13(19-21-18-10)12(9)17-11(20)8-14(16)6-2-1-3-7-14/h4-5H,1-3,6-8,16H2,(H,17,20). The van der Waals surface area contributed by atoms with E-state index in [-0.39, 0.29) is 11.4 Å². The van der Waals surface area contributed by atoms with Crippen molar-refractivity contribution in [3.63, 3.8) is 0 Å². The fourth-order valence-electron chi connectivity index (χ4n) is 2.88. The van der Waals surface area contributed by atoms with Crippen LogP contribution in [0.25, 0.3) is 11.0 Å². The Kier molecular flexibility index (Phi) is 4.10. The number of benzene rings is 1. The molecule has 21 heavy (non-hydrogen) atoms. The van der Waals surface area contributed by atoms with Gasteiger partial charge in [0.15, 0.2) is 0 Å². The highest BCUT2D eigenvalue weighted by Gasteiger charge is 2.30. The molecule has 0 spiro atoms. The summed E-state index contributed by atoms with van der Waals surface area (Å²) < 4.78 is 8.35. The number of hydrogen-bond donors (Lipinski definition) is 2. The van der Waals surface area contributed by atoms with E-state index in [1.807, 2.05) is 0 Å². The van der Waals surface area contributed by atoms with Gasteiger partial charge in [0.25, 0.3) is 0 Å². The Morgan fingerprint density at radius 1 is 1.33 bits per heavy atom. The average molecular weight is 325 g/mol. The number of anilines is 1. The number of amides is 1. The van der Waals surface area contributed by atoms with Gasteiger partial charge in [0.05, 0.1) is 22.4 Å². The van der Waals surface area contributed by atoms with Crippen molar-refractivity contribution in [1.82, 2.24) is 8.75 Å². The van der Waals surface area contributed by atoms with Crippen LogP contribution in [-0.2, 0) is 4.79 Å². The SMILES string of the molecule is NC1(CC(=O)Nc2c(Cl)ccc3nsnc23)CCCCC1. The lowest BCUT2D eigenvalue weighted by atomic mass is 9.80. The first-order valence-corrected chi connectivity index (χ1v) is 8.18. The van der Waals surface area contributed by atoms with Crippen molar-refractivity contribution in [2.75, 3.05) is 5.32 Å². The molecule has 1 aliphatic rings. The van der Waals surface area contributed by atoms with E-state index in [0.717, 1.165) is 42.9 Å². The normalized spacial score (nSPS) is 17.8. The van der Waals surface area contributed by atoms with E-state index in [9.17, 15) is 4.79 Å². The summed E-state index contributed by atoms with van der Waals surface area (Å²) in [6, 6.07) is 3.52. The lowest BCUT2D eigenvalue weighted by Crippen LogP contribution is -2.44. The molecule has 7 heteroatoms. The number of nitrogens with zero attached hydrogens (tertiary/aromatic N) is 2. The molecule has 0 aliphatic heterocycles. The Hall–Kier alpha value is -1.24. The van der Waals surface area contributed by atoms with Crippen molar-refractivity contribution in [1.29, 1.82) is 0 Å². The highest BCUT2D eigenvalue weighted by atomic mass is 35.5. The Morgan fingerprint density at radius 3 is 2.86 bits per heavy atom. The topological polar surface area (TPSA) is 80.9 Å². The monoisotopic (exact) mass is 324 g/mol. The number of carbonyl (C=O) groups excluding carboxylic acids is 1. The van der Waals surface area contributed by atoms with E-state index in [2.05, 4.69) is 14.1 Å². The fourth-order valence-corrected chi connectivity index (χ4v) is 3.62. The lowest BCUT2D eigenvalue weighted by Gasteiger charge is -2.32. The van der Waals surface area contributed by atoms with Crippen LogP contribution in [0.2, 0.25) is 5.02 Å². The van der Waals surface area contributed by atoms with E-state index in [1.165, 1.54) is 6.42 Å². The summed E-state index contributed by atoms with van der Waals surface area (Å²) in [4.78, 5) is 12.3. The van der Waals surface area contributed by atoms with Gasteiger partial charge in [-0.2, -0.15) is 8.75 Å². The number of carbonyl (C=O) groups is 1. The molecular formula is C14H17ClN4OS. The van der Waals surface area contributed by atoms with Gasteiger partial charge >= 0.3 is 0 Å². The molecule has 3 rings (SSSR count). The molecule has 1 saturated carbocycles. The summed E-state index contributed by atoms with van der Waals surface area (Å²) in [6.07, 6.45) is 5.51. The first kappa shape index (κ1) is 14.7. The molecule has 0 unspecified atom stereocenters. The number of aromatic nitrogens is 2. The van der Waals surface area contributed by atoms with Gasteiger partial charge in [-0.25, -0.2) is 0 Å². The minimum Gasteiger partial charge on any atom is -0.325 e. The van der Waals surface area contributed by atoms with Gasteiger partial charge in [-0.15, -0.1) is 0 Å². The third-order valence-corrected chi connectivity index (χ3v) is 4.86. The summed E-state index contributed by atoms with van der Waals surface area (Å²) in [5.74, 6) is -0.109. The maximum atomic E-state index is 12.3. The molecule has 1 heterocycles. The Bertz CT molecular complexity index is 666. The quantitative estimate of drug-likeness (QED) is 0.907. The molecular weight excluding hydrogens is 308 g/mol. The number of nitrogens with two attached hydrogens (primary N) is 1. The van der Waals surface area contributed by atoms with Gasteiger partial charge in [0.2, 0.25) is 5.91 Å². The molecule has 0 saturated heterocycles. The molecule has 3 N–H and O–H groups in total. The molecule has 0 bridgehead atoms. The smallest absolute Gasteiger partial charge is 0.226 e. The Balaban J connectivity index is 1.77. The summed E-state index contributed by atoms with van der Waals surface area (Å²) in [5.41, 5.74) is 7.84. The second kappa shape index (κ2) is 5.87. The van der Waals surface area contributed by atoms with Gasteiger partial charge < -0.3 is 11.1 Å². The van der Waals surface area contributed by atoms with Crippen LogP contribution in [0.5, 0.6) is 0 Å². The lowest BCUT2D eigenvalue weighted by molar-refractivity contribution is -0.117. The molecule has 5 nitrogen and oxygen atoms in total. The number of fused-ring (bicyclic) bond motifs is 1. The van der Waals surface area contributed by atoms with Crippen LogP contribution >= 0.6 is 23.3 Å². The zero-order valence-electron chi connectivity index (χ0n) is 11.6. The molecule has 1 aromatic heterocycles. The van der Waals surface area contributed by atoms with E-state index in [1.54, 1.807) is 12.1 Å². The number of rotatable bonds is 3. The molecule has 0 radical (unpaired) electrons. The summed E-state index contributed by atoms with van der Waals surface area (Å²) in [6.45, 7) is 0.